The van der Waals surface area contributed by atoms with Crippen LogP contribution in [-0.4, -0.2) is 5.97 Å². The van der Waals surface area contributed by atoms with Crippen molar-refractivity contribution in [2.24, 2.45) is 23.7 Å². The number of benzene rings is 4. The van der Waals surface area contributed by atoms with E-state index in [2.05, 4.69) is 126 Å². The van der Waals surface area contributed by atoms with E-state index in [0.29, 0.717) is 5.75 Å². The molecule has 2 saturated carbocycles. The van der Waals surface area contributed by atoms with Gasteiger partial charge in [0.25, 0.3) is 0 Å². The molecule has 0 spiro atoms. The van der Waals surface area contributed by atoms with Crippen LogP contribution in [0.3, 0.4) is 0 Å². The fourth-order valence-electron chi connectivity index (χ4n) is 7.23. The van der Waals surface area contributed by atoms with Gasteiger partial charge in [0.15, 0.2) is 0 Å². The number of ether oxygens (including phenoxy) is 1. The first-order valence-electron chi connectivity index (χ1n) is 19.2. The van der Waals surface area contributed by atoms with Crippen molar-refractivity contribution in [3.8, 4) is 29.4 Å². The number of aryl methyl sites for hydroxylation is 5. The first-order chi connectivity index (χ1) is 24.6. The van der Waals surface area contributed by atoms with Crippen LogP contribution in [0.4, 0.5) is 0 Å². The predicted molar refractivity (Wildman–Crippen MR) is 213 cm³/mol. The van der Waals surface area contributed by atoms with Gasteiger partial charge in [-0.1, -0.05) is 111 Å². The maximum absolute atomic E-state index is 12.3. The van der Waals surface area contributed by atoms with Crippen molar-refractivity contribution in [3.05, 3.63) is 135 Å². The van der Waals surface area contributed by atoms with E-state index in [1.165, 1.54) is 66.3 Å². The molecule has 0 aliphatic heterocycles. The third-order valence-corrected chi connectivity index (χ3v) is 10.8. The van der Waals surface area contributed by atoms with Crippen molar-refractivity contribution >= 4 is 5.97 Å². The Morgan fingerprint density at radius 2 is 1.06 bits per heavy atom. The largest absolute Gasteiger partial charge is 0.426 e. The first-order valence-corrected chi connectivity index (χ1v) is 19.2. The lowest BCUT2D eigenvalue weighted by Crippen LogP contribution is -2.24. The molecular formula is C49H56O2. The molecule has 2 aliphatic carbocycles. The van der Waals surface area contributed by atoms with Crippen molar-refractivity contribution in [3.63, 3.8) is 0 Å². The molecule has 2 aliphatic rings. The number of carbonyl (C=O) groups is 1. The number of hydrogen-bond acceptors (Lipinski definition) is 2. The van der Waals surface area contributed by atoms with Crippen LogP contribution in [0.25, 0.3) is 0 Å². The Kier molecular flexibility index (Phi) is 13.8. The van der Waals surface area contributed by atoms with Crippen molar-refractivity contribution in [1.29, 1.82) is 0 Å². The average Bonchev–Trinajstić information content (AvgIpc) is 3.12. The second kappa shape index (κ2) is 18.6. The highest BCUT2D eigenvalue weighted by molar-refractivity contribution is 5.75. The van der Waals surface area contributed by atoms with Gasteiger partial charge in [0.1, 0.15) is 5.75 Å². The summed E-state index contributed by atoms with van der Waals surface area (Å²) >= 11 is 0. The number of rotatable bonds is 5. The maximum Gasteiger partial charge on any atom is 0.314 e. The fourth-order valence-corrected chi connectivity index (χ4v) is 7.23. The molecule has 0 N–H and O–H groups in total. The van der Waals surface area contributed by atoms with Crippen molar-refractivity contribution in [2.75, 3.05) is 0 Å². The molecule has 0 aromatic heterocycles. The molecule has 2 heteroatoms. The third kappa shape index (κ3) is 12.0. The minimum Gasteiger partial charge on any atom is -0.426 e. The van der Waals surface area contributed by atoms with E-state index in [9.17, 15) is 4.79 Å². The molecule has 0 radical (unpaired) electrons. The van der Waals surface area contributed by atoms with Crippen LogP contribution in [0.1, 0.15) is 122 Å². The summed E-state index contributed by atoms with van der Waals surface area (Å²) in [5.74, 6) is 16.2. The topological polar surface area (TPSA) is 26.3 Å². The monoisotopic (exact) mass is 676 g/mol. The molecule has 0 heterocycles. The van der Waals surface area contributed by atoms with Gasteiger partial charge < -0.3 is 4.74 Å². The highest BCUT2D eigenvalue weighted by Gasteiger charge is 2.26. The Morgan fingerprint density at radius 1 is 0.588 bits per heavy atom. The molecule has 0 unspecified atom stereocenters. The summed E-state index contributed by atoms with van der Waals surface area (Å²) in [5, 5.41) is 0. The molecule has 0 saturated heterocycles. The quantitative estimate of drug-likeness (QED) is 0.119. The zero-order chi connectivity index (χ0) is 36.2. The molecule has 4 aromatic rings. The number of esters is 1. The van der Waals surface area contributed by atoms with Crippen LogP contribution in [0, 0.1) is 75.0 Å². The number of carbonyl (C=O) groups excluding carboxylic acids is 1. The lowest BCUT2D eigenvalue weighted by Gasteiger charge is -2.26. The lowest BCUT2D eigenvalue weighted by molar-refractivity contribution is -0.140. The van der Waals surface area contributed by atoms with Crippen molar-refractivity contribution < 1.29 is 9.53 Å². The zero-order valence-corrected chi connectivity index (χ0v) is 31.8. The molecule has 0 atom stereocenters. The first kappa shape index (κ1) is 37.7. The molecule has 2 fully saturated rings. The summed E-state index contributed by atoms with van der Waals surface area (Å²) in [5.41, 5.74) is 10.6. The molecule has 264 valence electrons. The van der Waals surface area contributed by atoms with Crippen LogP contribution >= 0.6 is 0 Å². The smallest absolute Gasteiger partial charge is 0.314 e. The lowest BCUT2D eigenvalue weighted by atomic mass is 9.80. The number of hydrogen-bond donors (Lipinski definition) is 0. The van der Waals surface area contributed by atoms with Crippen LogP contribution in [0.5, 0.6) is 5.75 Å². The minimum absolute atomic E-state index is 0.0511. The molecular weight excluding hydrogens is 621 g/mol. The minimum atomic E-state index is -0.0917. The normalized spacial score (nSPS) is 19.6. The molecule has 0 bridgehead atoms. The van der Waals surface area contributed by atoms with E-state index in [0.717, 1.165) is 65.7 Å². The summed E-state index contributed by atoms with van der Waals surface area (Å²) in [7, 11) is 0. The Labute approximate surface area is 308 Å². The van der Waals surface area contributed by atoms with Gasteiger partial charge in [-0.15, -0.1) is 0 Å². The van der Waals surface area contributed by atoms with E-state index in [1.54, 1.807) is 0 Å². The Morgan fingerprint density at radius 3 is 1.55 bits per heavy atom. The maximum atomic E-state index is 12.3. The van der Waals surface area contributed by atoms with Gasteiger partial charge in [-0.25, -0.2) is 0 Å². The van der Waals surface area contributed by atoms with E-state index in [-0.39, 0.29) is 11.9 Å². The average molecular weight is 677 g/mol. The molecule has 2 nitrogen and oxygen atoms in total. The van der Waals surface area contributed by atoms with E-state index >= 15 is 0 Å². The summed E-state index contributed by atoms with van der Waals surface area (Å²) in [4.78, 5) is 12.3. The predicted octanol–water partition coefficient (Wildman–Crippen LogP) is 11.9. The van der Waals surface area contributed by atoms with Crippen molar-refractivity contribution in [1.82, 2.24) is 0 Å². The summed E-state index contributed by atoms with van der Waals surface area (Å²) in [6, 6.07) is 29.1. The van der Waals surface area contributed by atoms with Gasteiger partial charge >= 0.3 is 5.97 Å². The van der Waals surface area contributed by atoms with E-state index < -0.39 is 0 Å². The van der Waals surface area contributed by atoms with E-state index in [4.69, 9.17) is 4.74 Å². The Hall–Kier alpha value is -4.53. The van der Waals surface area contributed by atoms with Gasteiger partial charge in [-0.2, -0.15) is 0 Å². The van der Waals surface area contributed by atoms with Crippen LogP contribution < -0.4 is 4.74 Å². The second-order valence-corrected chi connectivity index (χ2v) is 15.4. The summed E-state index contributed by atoms with van der Waals surface area (Å²) < 4.78 is 5.55. The highest BCUT2D eigenvalue weighted by Crippen LogP contribution is 2.31. The third-order valence-electron chi connectivity index (χ3n) is 10.8. The molecule has 4 aromatic carbocycles. The molecule has 51 heavy (non-hydrogen) atoms. The zero-order valence-electron chi connectivity index (χ0n) is 31.8. The van der Waals surface area contributed by atoms with Gasteiger partial charge in [-0.3, -0.25) is 4.79 Å². The SMILES string of the molecule is Cc1ccc(C#Cc2ccc(CCC3CCC(C)CC3)cc2)c(C)c1.Cc1ccc(C#Cc2ccc(OC(=O)C3CCC(C)CC3)cc2)c(C)c1. The fraction of sp³-hybridized carbons (Fsp3) is 0.408. The summed E-state index contributed by atoms with van der Waals surface area (Å²) in [6.07, 6.45) is 12.4. The second-order valence-electron chi connectivity index (χ2n) is 15.4. The van der Waals surface area contributed by atoms with Gasteiger partial charge in [0, 0.05) is 22.3 Å². The Bertz CT molecular complexity index is 1860. The standard InChI is InChI=1S/C25H30.C24H26O2/c1-19-4-7-22(8-5-19)9-10-23-11-13-24(14-12-23)15-17-25-16-6-20(2)18-21(25)3;1-17-4-11-22(12-5-17)24(25)26-23-14-8-20(9-15-23)7-13-21-10-6-18(2)16-19(21)3/h6,11-14,16,18-19,22H,4-5,7-10H2,1-3H3;6,8-10,14-17,22H,4-5,11-12H2,1-3H3. The van der Waals surface area contributed by atoms with Crippen LogP contribution in [0.15, 0.2) is 84.9 Å². The van der Waals surface area contributed by atoms with E-state index in [1.807, 2.05) is 24.3 Å². The highest BCUT2D eigenvalue weighted by atomic mass is 16.5. The molecule has 6 rings (SSSR count). The Balaban J connectivity index is 0.000000198. The van der Waals surface area contributed by atoms with Crippen molar-refractivity contribution in [2.45, 2.75) is 106 Å². The molecule has 0 amide bonds. The van der Waals surface area contributed by atoms with Crippen LogP contribution in [0.2, 0.25) is 0 Å². The summed E-state index contributed by atoms with van der Waals surface area (Å²) in [6.45, 7) is 13.1. The van der Waals surface area contributed by atoms with Gasteiger partial charge in [0.2, 0.25) is 0 Å². The van der Waals surface area contributed by atoms with Gasteiger partial charge in [-0.05, 0) is 149 Å². The van der Waals surface area contributed by atoms with Gasteiger partial charge in [0.05, 0.1) is 5.92 Å². The van der Waals surface area contributed by atoms with Crippen LogP contribution in [-0.2, 0) is 11.2 Å².